The zero-order chi connectivity index (χ0) is 17.2. The van der Waals surface area contributed by atoms with Gasteiger partial charge in [-0.15, -0.1) is 0 Å². The quantitative estimate of drug-likeness (QED) is 0.697. The van der Waals surface area contributed by atoms with Crippen LogP contribution in [0.2, 0.25) is 5.02 Å². The second-order valence-corrected chi connectivity index (χ2v) is 6.11. The number of amides is 2. The van der Waals surface area contributed by atoms with Crippen molar-refractivity contribution in [1.82, 2.24) is 10.2 Å². The van der Waals surface area contributed by atoms with Gasteiger partial charge in [-0.05, 0) is 31.0 Å². The van der Waals surface area contributed by atoms with Gasteiger partial charge < -0.3 is 10.2 Å². The zero-order valence-electron chi connectivity index (χ0n) is 14.3. The smallest absolute Gasteiger partial charge is 0.242 e. The summed E-state index contributed by atoms with van der Waals surface area (Å²) in [7, 11) is 0. The lowest BCUT2D eigenvalue weighted by Crippen LogP contribution is -2.47. The summed E-state index contributed by atoms with van der Waals surface area (Å²) in [5.41, 5.74) is 0.960. The van der Waals surface area contributed by atoms with Crippen molar-refractivity contribution in [2.75, 3.05) is 6.54 Å². The molecule has 23 heavy (non-hydrogen) atoms. The Labute approximate surface area is 144 Å². The van der Waals surface area contributed by atoms with Crippen molar-refractivity contribution in [2.45, 2.75) is 59.0 Å². The minimum atomic E-state index is -0.486. The van der Waals surface area contributed by atoms with Gasteiger partial charge in [0.1, 0.15) is 6.04 Å². The molecule has 0 heterocycles. The third-order valence-corrected chi connectivity index (χ3v) is 4.07. The van der Waals surface area contributed by atoms with E-state index in [1.54, 1.807) is 24.0 Å². The Hall–Kier alpha value is -1.55. The molecule has 0 saturated heterocycles. The number of carbonyl (C=O) groups is 2. The van der Waals surface area contributed by atoms with E-state index < -0.39 is 6.04 Å². The van der Waals surface area contributed by atoms with Crippen LogP contribution in [0.3, 0.4) is 0 Å². The van der Waals surface area contributed by atoms with E-state index in [0.29, 0.717) is 24.5 Å². The molecule has 5 heteroatoms. The fourth-order valence-corrected chi connectivity index (χ4v) is 2.43. The second-order valence-electron chi connectivity index (χ2n) is 5.68. The molecule has 0 spiro atoms. The lowest BCUT2D eigenvalue weighted by molar-refractivity contribution is -0.140. The van der Waals surface area contributed by atoms with Crippen LogP contribution < -0.4 is 5.32 Å². The first kappa shape index (κ1) is 19.5. The van der Waals surface area contributed by atoms with Crippen LogP contribution in [0, 0.1) is 0 Å². The maximum atomic E-state index is 12.3. The van der Waals surface area contributed by atoms with Gasteiger partial charge in [-0.25, -0.2) is 0 Å². The van der Waals surface area contributed by atoms with Crippen molar-refractivity contribution < 1.29 is 9.59 Å². The van der Waals surface area contributed by atoms with Crippen LogP contribution in [-0.4, -0.2) is 29.3 Å². The standard InChI is InChI=1S/C18H27ClN2O2/c1-4-6-7-12-20-18(23)14(3)21(17(22)5-2)13-15-8-10-16(19)11-9-15/h8-11,14H,4-7,12-13H2,1-3H3,(H,20,23)/t14-/m0/s1. The Morgan fingerprint density at radius 2 is 1.83 bits per heavy atom. The first-order valence-corrected chi connectivity index (χ1v) is 8.69. The van der Waals surface area contributed by atoms with Gasteiger partial charge in [-0.2, -0.15) is 0 Å². The fourth-order valence-electron chi connectivity index (χ4n) is 2.31. The highest BCUT2D eigenvalue weighted by Crippen LogP contribution is 2.14. The highest BCUT2D eigenvalue weighted by atomic mass is 35.5. The average molecular weight is 339 g/mol. The zero-order valence-corrected chi connectivity index (χ0v) is 15.0. The minimum Gasteiger partial charge on any atom is -0.354 e. The first-order valence-electron chi connectivity index (χ1n) is 8.31. The molecule has 1 aromatic carbocycles. The number of rotatable bonds is 9. The molecular formula is C18H27ClN2O2. The molecule has 1 rings (SSSR count). The number of halogens is 1. The molecule has 0 saturated carbocycles. The van der Waals surface area contributed by atoms with Gasteiger partial charge in [0.15, 0.2) is 0 Å². The highest BCUT2D eigenvalue weighted by Gasteiger charge is 2.24. The Kier molecular flexibility index (Phi) is 8.70. The molecule has 128 valence electrons. The van der Waals surface area contributed by atoms with Gasteiger partial charge in [-0.1, -0.05) is 50.4 Å². The van der Waals surface area contributed by atoms with E-state index in [9.17, 15) is 9.59 Å². The molecule has 1 aromatic rings. The molecule has 0 fully saturated rings. The van der Waals surface area contributed by atoms with Gasteiger partial charge in [0.25, 0.3) is 0 Å². The van der Waals surface area contributed by atoms with E-state index in [-0.39, 0.29) is 11.8 Å². The summed E-state index contributed by atoms with van der Waals surface area (Å²) in [4.78, 5) is 26.1. The summed E-state index contributed by atoms with van der Waals surface area (Å²) in [5, 5.41) is 3.57. The molecule has 4 nitrogen and oxygen atoms in total. The molecule has 0 aliphatic carbocycles. The molecule has 0 aromatic heterocycles. The van der Waals surface area contributed by atoms with E-state index in [2.05, 4.69) is 12.2 Å². The number of nitrogens with zero attached hydrogens (tertiary/aromatic N) is 1. The Morgan fingerprint density at radius 1 is 1.17 bits per heavy atom. The van der Waals surface area contributed by atoms with Crippen molar-refractivity contribution in [3.05, 3.63) is 34.9 Å². The van der Waals surface area contributed by atoms with Crippen molar-refractivity contribution in [3.8, 4) is 0 Å². The minimum absolute atomic E-state index is 0.0313. The van der Waals surface area contributed by atoms with E-state index in [1.165, 1.54) is 0 Å². The Morgan fingerprint density at radius 3 is 2.39 bits per heavy atom. The van der Waals surface area contributed by atoms with Crippen molar-refractivity contribution >= 4 is 23.4 Å². The lowest BCUT2D eigenvalue weighted by atomic mass is 10.1. The summed E-state index contributed by atoms with van der Waals surface area (Å²) < 4.78 is 0. The van der Waals surface area contributed by atoms with E-state index in [0.717, 1.165) is 24.8 Å². The molecule has 0 aliphatic rings. The Balaban J connectivity index is 2.70. The first-order chi connectivity index (χ1) is 11.0. The highest BCUT2D eigenvalue weighted by molar-refractivity contribution is 6.30. The van der Waals surface area contributed by atoms with Gasteiger partial charge in [0.05, 0.1) is 0 Å². The van der Waals surface area contributed by atoms with E-state index in [4.69, 9.17) is 11.6 Å². The monoisotopic (exact) mass is 338 g/mol. The number of unbranched alkanes of at least 4 members (excludes halogenated alkanes) is 2. The molecule has 1 N–H and O–H groups in total. The SMILES string of the molecule is CCCCCNC(=O)[C@H](C)N(Cc1ccc(Cl)cc1)C(=O)CC. The molecular weight excluding hydrogens is 312 g/mol. The summed E-state index contributed by atoms with van der Waals surface area (Å²) >= 11 is 5.89. The van der Waals surface area contributed by atoms with Crippen LogP contribution in [-0.2, 0) is 16.1 Å². The van der Waals surface area contributed by atoms with Gasteiger partial charge in [-0.3, -0.25) is 9.59 Å². The van der Waals surface area contributed by atoms with E-state index in [1.807, 2.05) is 19.1 Å². The maximum Gasteiger partial charge on any atom is 0.242 e. The summed E-state index contributed by atoms with van der Waals surface area (Å²) in [5.74, 6) is -0.131. The molecule has 0 aliphatic heterocycles. The summed E-state index contributed by atoms with van der Waals surface area (Å²) in [6.07, 6.45) is 3.55. The fraction of sp³-hybridized carbons (Fsp3) is 0.556. The topological polar surface area (TPSA) is 49.4 Å². The Bertz CT molecular complexity index is 502. The lowest BCUT2D eigenvalue weighted by Gasteiger charge is -2.28. The molecule has 2 amide bonds. The third-order valence-electron chi connectivity index (χ3n) is 3.82. The van der Waals surface area contributed by atoms with Gasteiger partial charge in [0.2, 0.25) is 11.8 Å². The van der Waals surface area contributed by atoms with Crippen LogP contribution in [0.1, 0.15) is 52.0 Å². The average Bonchev–Trinajstić information content (AvgIpc) is 2.56. The number of carbonyl (C=O) groups excluding carboxylic acids is 2. The number of nitrogens with one attached hydrogen (secondary N) is 1. The van der Waals surface area contributed by atoms with Crippen molar-refractivity contribution in [3.63, 3.8) is 0 Å². The predicted octanol–water partition coefficient (Wildman–Crippen LogP) is 3.77. The predicted molar refractivity (Wildman–Crippen MR) is 94.3 cm³/mol. The number of hydrogen-bond acceptors (Lipinski definition) is 2. The largest absolute Gasteiger partial charge is 0.354 e. The molecule has 0 radical (unpaired) electrons. The van der Waals surface area contributed by atoms with Crippen LogP contribution >= 0.6 is 11.6 Å². The van der Waals surface area contributed by atoms with Gasteiger partial charge in [0, 0.05) is 24.5 Å². The second kappa shape index (κ2) is 10.3. The number of hydrogen-bond donors (Lipinski definition) is 1. The maximum absolute atomic E-state index is 12.3. The van der Waals surface area contributed by atoms with E-state index >= 15 is 0 Å². The third kappa shape index (κ3) is 6.61. The summed E-state index contributed by atoms with van der Waals surface area (Å²) in [6.45, 7) is 6.78. The number of benzene rings is 1. The normalized spacial score (nSPS) is 11.8. The molecule has 1 atom stereocenters. The van der Waals surface area contributed by atoms with Crippen molar-refractivity contribution in [1.29, 1.82) is 0 Å². The van der Waals surface area contributed by atoms with Crippen LogP contribution in [0.15, 0.2) is 24.3 Å². The molecule has 0 unspecified atom stereocenters. The van der Waals surface area contributed by atoms with Crippen LogP contribution in [0.5, 0.6) is 0 Å². The van der Waals surface area contributed by atoms with Gasteiger partial charge >= 0.3 is 0 Å². The van der Waals surface area contributed by atoms with Crippen molar-refractivity contribution in [2.24, 2.45) is 0 Å². The molecule has 0 bridgehead atoms. The summed E-state index contributed by atoms with van der Waals surface area (Å²) in [6, 6.07) is 6.86. The van der Waals surface area contributed by atoms with Crippen LogP contribution in [0.25, 0.3) is 0 Å². The van der Waals surface area contributed by atoms with Crippen LogP contribution in [0.4, 0.5) is 0 Å².